The van der Waals surface area contributed by atoms with Crippen LogP contribution in [0.2, 0.25) is 0 Å². The van der Waals surface area contributed by atoms with Gasteiger partial charge in [0.1, 0.15) is 5.82 Å². The number of nitrogens with one attached hydrogen (secondary N) is 1. The Kier molecular flexibility index (Phi) is 7.35. The molecule has 0 aliphatic heterocycles. The van der Waals surface area contributed by atoms with Crippen LogP contribution in [0.3, 0.4) is 0 Å². The molecule has 3 nitrogen and oxygen atoms in total. The van der Waals surface area contributed by atoms with Crippen molar-refractivity contribution in [2.75, 3.05) is 26.4 Å². The lowest BCUT2D eigenvalue weighted by Crippen LogP contribution is -2.17. The second kappa shape index (κ2) is 8.58. The van der Waals surface area contributed by atoms with E-state index in [0.29, 0.717) is 19.8 Å². The summed E-state index contributed by atoms with van der Waals surface area (Å²) in [6.07, 6.45) is 0.888. The first-order valence-corrected chi connectivity index (χ1v) is 6.36. The molecule has 0 aliphatic carbocycles. The minimum absolute atomic E-state index is 0.0654. The van der Waals surface area contributed by atoms with Crippen molar-refractivity contribution in [3.05, 3.63) is 34.1 Å². The molecule has 0 saturated heterocycles. The summed E-state index contributed by atoms with van der Waals surface area (Å²) >= 11 is 3.32. The third-order valence-electron chi connectivity index (χ3n) is 2.21. The van der Waals surface area contributed by atoms with Gasteiger partial charge in [-0.2, -0.15) is 0 Å². The normalized spacial score (nSPS) is 10.8. The predicted octanol–water partition coefficient (Wildman–Crippen LogP) is 2.08. The van der Waals surface area contributed by atoms with Crippen LogP contribution in [0.4, 0.5) is 4.39 Å². The molecule has 0 unspecified atom stereocenters. The van der Waals surface area contributed by atoms with Crippen molar-refractivity contribution in [3.63, 3.8) is 0 Å². The molecule has 1 aromatic carbocycles. The molecule has 0 fully saturated rings. The molecule has 1 aromatic rings. The first-order chi connectivity index (χ1) is 8.24. The fourth-order valence-corrected chi connectivity index (χ4v) is 1.84. The second-order valence-corrected chi connectivity index (χ2v) is 4.46. The zero-order chi connectivity index (χ0) is 12.5. The molecule has 5 heteroatoms. The van der Waals surface area contributed by atoms with Crippen molar-refractivity contribution >= 4 is 15.9 Å². The summed E-state index contributed by atoms with van der Waals surface area (Å²) in [4.78, 5) is 0. The van der Waals surface area contributed by atoms with Gasteiger partial charge in [0.2, 0.25) is 0 Å². The Balaban J connectivity index is 2.14. The summed E-state index contributed by atoms with van der Waals surface area (Å²) in [6, 6.07) is 4.67. The lowest BCUT2D eigenvalue weighted by Gasteiger charge is -2.07. The van der Waals surface area contributed by atoms with E-state index in [1.54, 1.807) is 6.07 Å². The van der Waals surface area contributed by atoms with E-state index in [2.05, 4.69) is 21.2 Å². The molecule has 0 radical (unpaired) electrons. The Labute approximate surface area is 109 Å². The monoisotopic (exact) mass is 305 g/mol. The summed E-state index contributed by atoms with van der Waals surface area (Å²) in [6.45, 7) is 2.62. The van der Waals surface area contributed by atoms with Gasteiger partial charge in [-0.15, -0.1) is 0 Å². The molecule has 0 saturated carbocycles. The number of hydrogen-bond acceptors (Lipinski definition) is 3. The fourth-order valence-electron chi connectivity index (χ4n) is 1.35. The topological polar surface area (TPSA) is 41.5 Å². The summed E-state index contributed by atoms with van der Waals surface area (Å²) < 4.78 is 18.7. The zero-order valence-corrected chi connectivity index (χ0v) is 11.2. The molecule has 0 amide bonds. The second-order valence-electron chi connectivity index (χ2n) is 3.60. The molecule has 0 heterocycles. The largest absolute Gasteiger partial charge is 0.394 e. The van der Waals surface area contributed by atoms with E-state index in [4.69, 9.17) is 9.84 Å². The van der Waals surface area contributed by atoms with Gasteiger partial charge >= 0.3 is 0 Å². The number of halogens is 2. The quantitative estimate of drug-likeness (QED) is 0.723. The van der Waals surface area contributed by atoms with Crippen molar-refractivity contribution < 1.29 is 14.2 Å². The van der Waals surface area contributed by atoms with E-state index in [1.807, 2.05) is 0 Å². The van der Waals surface area contributed by atoms with Crippen LogP contribution in [-0.4, -0.2) is 31.5 Å². The number of aliphatic hydroxyl groups excluding tert-OH is 1. The lowest BCUT2D eigenvalue weighted by atomic mass is 10.2. The fraction of sp³-hybridized carbons (Fsp3) is 0.500. The van der Waals surface area contributed by atoms with Crippen molar-refractivity contribution in [2.45, 2.75) is 13.0 Å². The van der Waals surface area contributed by atoms with Crippen LogP contribution in [-0.2, 0) is 11.3 Å². The van der Waals surface area contributed by atoms with Gasteiger partial charge in [-0.05, 0) is 30.7 Å². The minimum Gasteiger partial charge on any atom is -0.394 e. The van der Waals surface area contributed by atoms with E-state index in [0.717, 1.165) is 23.0 Å². The maximum Gasteiger partial charge on any atom is 0.124 e. The summed E-state index contributed by atoms with van der Waals surface area (Å²) in [5, 5.41) is 11.7. The standard InChI is InChI=1S/C12H17BrFNO2/c13-12-8-11(14)3-2-10(12)9-15-4-1-6-17-7-5-16/h2-3,8,15-16H,1,4-7,9H2. The zero-order valence-electron chi connectivity index (χ0n) is 9.59. The Hall–Kier alpha value is -0.490. The molecule has 0 aromatic heterocycles. The molecule has 0 atom stereocenters. The molecule has 0 spiro atoms. The van der Waals surface area contributed by atoms with Crippen molar-refractivity contribution in [2.24, 2.45) is 0 Å². The third kappa shape index (κ3) is 6.12. The van der Waals surface area contributed by atoms with Crippen molar-refractivity contribution in [1.29, 1.82) is 0 Å². The summed E-state index contributed by atoms with van der Waals surface area (Å²) in [5.41, 5.74) is 1.03. The van der Waals surface area contributed by atoms with E-state index in [9.17, 15) is 4.39 Å². The highest BCUT2D eigenvalue weighted by Gasteiger charge is 2.00. The Morgan fingerprint density at radius 1 is 1.35 bits per heavy atom. The highest BCUT2D eigenvalue weighted by molar-refractivity contribution is 9.10. The van der Waals surface area contributed by atoms with Crippen LogP contribution < -0.4 is 5.32 Å². The Morgan fingerprint density at radius 3 is 2.88 bits per heavy atom. The van der Waals surface area contributed by atoms with E-state index >= 15 is 0 Å². The molecule has 2 N–H and O–H groups in total. The average Bonchev–Trinajstić information content (AvgIpc) is 2.30. The summed E-state index contributed by atoms with van der Waals surface area (Å²) in [5.74, 6) is -0.238. The van der Waals surface area contributed by atoms with Crippen LogP contribution in [0.5, 0.6) is 0 Å². The van der Waals surface area contributed by atoms with Crippen molar-refractivity contribution in [3.8, 4) is 0 Å². The smallest absolute Gasteiger partial charge is 0.124 e. The van der Waals surface area contributed by atoms with Gasteiger partial charge in [0.25, 0.3) is 0 Å². The van der Waals surface area contributed by atoms with Crippen LogP contribution in [0, 0.1) is 5.82 Å². The van der Waals surface area contributed by atoms with Gasteiger partial charge < -0.3 is 15.2 Å². The first-order valence-electron chi connectivity index (χ1n) is 5.57. The van der Waals surface area contributed by atoms with Gasteiger partial charge in [-0.1, -0.05) is 22.0 Å². The van der Waals surface area contributed by atoms with Crippen LogP contribution in [0.1, 0.15) is 12.0 Å². The molecular formula is C12H17BrFNO2. The molecule has 17 heavy (non-hydrogen) atoms. The SMILES string of the molecule is OCCOCCCNCc1ccc(F)cc1Br. The van der Waals surface area contributed by atoms with Gasteiger partial charge in [-0.3, -0.25) is 0 Å². The number of rotatable bonds is 8. The third-order valence-corrected chi connectivity index (χ3v) is 2.95. The summed E-state index contributed by atoms with van der Waals surface area (Å²) in [7, 11) is 0. The number of ether oxygens (including phenoxy) is 1. The number of aliphatic hydroxyl groups is 1. The van der Waals surface area contributed by atoms with E-state index in [1.165, 1.54) is 12.1 Å². The van der Waals surface area contributed by atoms with Crippen LogP contribution >= 0.6 is 15.9 Å². The Bertz CT molecular complexity index is 336. The number of benzene rings is 1. The minimum atomic E-state index is -0.238. The lowest BCUT2D eigenvalue weighted by molar-refractivity contribution is 0.0907. The highest BCUT2D eigenvalue weighted by Crippen LogP contribution is 2.17. The van der Waals surface area contributed by atoms with Crippen molar-refractivity contribution in [1.82, 2.24) is 5.32 Å². The molecule has 0 aliphatic rings. The van der Waals surface area contributed by atoms with Gasteiger partial charge in [0.15, 0.2) is 0 Å². The predicted molar refractivity (Wildman–Crippen MR) is 68.3 cm³/mol. The van der Waals surface area contributed by atoms with Gasteiger partial charge in [0.05, 0.1) is 13.2 Å². The maximum absolute atomic E-state index is 12.8. The maximum atomic E-state index is 12.8. The molecule has 1 rings (SSSR count). The van der Waals surface area contributed by atoms with E-state index in [-0.39, 0.29) is 12.4 Å². The highest BCUT2D eigenvalue weighted by atomic mass is 79.9. The molecular weight excluding hydrogens is 289 g/mol. The van der Waals surface area contributed by atoms with Crippen LogP contribution in [0.25, 0.3) is 0 Å². The van der Waals surface area contributed by atoms with Gasteiger partial charge in [-0.25, -0.2) is 4.39 Å². The van der Waals surface area contributed by atoms with Crippen LogP contribution in [0.15, 0.2) is 22.7 Å². The average molecular weight is 306 g/mol. The molecule has 0 bridgehead atoms. The van der Waals surface area contributed by atoms with E-state index < -0.39 is 0 Å². The van der Waals surface area contributed by atoms with Gasteiger partial charge in [0, 0.05) is 17.6 Å². The molecule has 96 valence electrons. The number of hydrogen-bond donors (Lipinski definition) is 2. The Morgan fingerprint density at radius 2 is 2.18 bits per heavy atom. The first kappa shape index (κ1) is 14.6.